The van der Waals surface area contributed by atoms with Gasteiger partial charge in [0.15, 0.2) is 5.11 Å². The second-order valence-electron chi connectivity index (χ2n) is 8.59. The van der Waals surface area contributed by atoms with Crippen molar-refractivity contribution in [3.8, 4) is 0 Å². The van der Waals surface area contributed by atoms with Crippen LogP contribution < -0.4 is 15.5 Å². The van der Waals surface area contributed by atoms with E-state index in [1.54, 1.807) is 12.1 Å². The summed E-state index contributed by atoms with van der Waals surface area (Å²) in [5, 5.41) is 7.82. The van der Waals surface area contributed by atoms with Gasteiger partial charge in [-0.2, -0.15) is 0 Å². The first kappa shape index (κ1) is 25.0. The Hall–Kier alpha value is -2.68. The van der Waals surface area contributed by atoms with Gasteiger partial charge >= 0.3 is 0 Å². The average Bonchev–Trinajstić information content (AvgIpc) is 3.21. The van der Waals surface area contributed by atoms with Gasteiger partial charge < -0.3 is 10.2 Å². The number of carbonyl (C=O) groups excluding carboxylic acids is 1. The lowest BCUT2D eigenvalue weighted by Gasteiger charge is -2.36. The first-order chi connectivity index (χ1) is 17.5. The number of benzene rings is 3. The SMILES string of the molecule is O=C(NC(=S)Nc1ccc(N2CCN(Cc3ccccc3)CC2)cc1)c1sc2cc(Cl)ccc2c1Cl. The van der Waals surface area contributed by atoms with E-state index < -0.39 is 0 Å². The van der Waals surface area contributed by atoms with Crippen molar-refractivity contribution in [1.82, 2.24) is 10.2 Å². The van der Waals surface area contributed by atoms with Gasteiger partial charge in [0.05, 0.1) is 5.02 Å². The van der Waals surface area contributed by atoms with Crippen LogP contribution in [0.4, 0.5) is 11.4 Å². The molecule has 1 fully saturated rings. The molecule has 0 atom stereocenters. The standard InChI is InChI=1S/C27H24Cl2N4OS2/c28-19-6-11-22-23(16-19)36-25(24(22)29)26(34)31-27(35)30-20-7-9-21(10-8-20)33-14-12-32(13-15-33)17-18-4-2-1-3-5-18/h1-11,16H,12-15,17H2,(H2,30,31,34,35). The van der Waals surface area contributed by atoms with E-state index in [-0.39, 0.29) is 11.0 Å². The van der Waals surface area contributed by atoms with Gasteiger partial charge in [0.1, 0.15) is 4.88 Å². The van der Waals surface area contributed by atoms with Gasteiger partial charge in [-0.1, -0.05) is 59.6 Å². The minimum absolute atomic E-state index is 0.217. The number of rotatable bonds is 5. The molecule has 9 heteroatoms. The molecule has 2 heterocycles. The van der Waals surface area contributed by atoms with E-state index in [2.05, 4.69) is 62.9 Å². The van der Waals surface area contributed by atoms with E-state index in [1.807, 2.05) is 18.2 Å². The van der Waals surface area contributed by atoms with E-state index in [9.17, 15) is 4.79 Å². The van der Waals surface area contributed by atoms with Crippen LogP contribution in [0.25, 0.3) is 10.1 Å². The molecule has 5 rings (SSSR count). The Balaban J connectivity index is 1.14. The van der Waals surface area contributed by atoms with Crippen molar-refractivity contribution in [1.29, 1.82) is 0 Å². The van der Waals surface area contributed by atoms with Crippen LogP contribution in [0.5, 0.6) is 0 Å². The molecule has 5 nitrogen and oxygen atoms in total. The number of nitrogens with zero attached hydrogens (tertiary/aromatic N) is 2. The molecule has 3 aromatic carbocycles. The van der Waals surface area contributed by atoms with E-state index in [4.69, 9.17) is 35.4 Å². The molecule has 0 bridgehead atoms. The molecular weight excluding hydrogens is 531 g/mol. The minimum Gasteiger partial charge on any atom is -0.369 e. The Labute approximate surface area is 229 Å². The maximum absolute atomic E-state index is 12.8. The van der Waals surface area contributed by atoms with Gasteiger partial charge in [0.2, 0.25) is 0 Å². The lowest BCUT2D eigenvalue weighted by Crippen LogP contribution is -2.45. The lowest BCUT2D eigenvalue weighted by atomic mass is 10.2. The molecule has 1 amide bonds. The highest BCUT2D eigenvalue weighted by molar-refractivity contribution is 7.80. The van der Waals surface area contributed by atoms with Gasteiger partial charge in [-0.3, -0.25) is 15.0 Å². The highest BCUT2D eigenvalue weighted by atomic mass is 35.5. The van der Waals surface area contributed by atoms with Crippen LogP contribution >= 0.6 is 46.8 Å². The van der Waals surface area contributed by atoms with Gasteiger partial charge in [-0.15, -0.1) is 11.3 Å². The number of hydrogen-bond acceptors (Lipinski definition) is 5. The smallest absolute Gasteiger partial charge is 0.269 e. The Kier molecular flexibility index (Phi) is 7.74. The van der Waals surface area contributed by atoms with E-state index in [0.29, 0.717) is 14.9 Å². The topological polar surface area (TPSA) is 47.6 Å². The van der Waals surface area contributed by atoms with Gasteiger partial charge in [-0.05, 0) is 54.2 Å². The molecule has 1 aliphatic rings. The summed E-state index contributed by atoms with van der Waals surface area (Å²) in [5.41, 5.74) is 3.33. The predicted molar refractivity (Wildman–Crippen MR) is 156 cm³/mol. The van der Waals surface area contributed by atoms with Crippen molar-refractivity contribution in [2.75, 3.05) is 36.4 Å². The van der Waals surface area contributed by atoms with Crippen LogP contribution in [0, 0.1) is 0 Å². The summed E-state index contributed by atoms with van der Waals surface area (Å²) in [6, 6.07) is 24.1. The summed E-state index contributed by atoms with van der Waals surface area (Å²) >= 11 is 19.1. The van der Waals surface area contributed by atoms with Crippen LogP contribution in [-0.2, 0) is 6.54 Å². The van der Waals surface area contributed by atoms with Crippen molar-refractivity contribution in [2.45, 2.75) is 6.54 Å². The second kappa shape index (κ2) is 11.2. The molecule has 1 saturated heterocycles. The van der Waals surface area contributed by atoms with Crippen molar-refractivity contribution >= 4 is 79.2 Å². The monoisotopic (exact) mass is 554 g/mol. The second-order valence-corrected chi connectivity index (χ2v) is 10.9. The molecule has 0 aliphatic carbocycles. The molecule has 0 unspecified atom stereocenters. The van der Waals surface area contributed by atoms with Crippen molar-refractivity contribution < 1.29 is 4.79 Å². The largest absolute Gasteiger partial charge is 0.369 e. The summed E-state index contributed by atoms with van der Waals surface area (Å²) in [4.78, 5) is 18.0. The zero-order valence-corrected chi connectivity index (χ0v) is 22.5. The number of nitrogens with one attached hydrogen (secondary N) is 2. The highest BCUT2D eigenvalue weighted by Gasteiger charge is 2.19. The van der Waals surface area contributed by atoms with E-state index >= 15 is 0 Å². The predicted octanol–water partition coefficient (Wildman–Crippen LogP) is 6.66. The Morgan fingerprint density at radius 3 is 2.39 bits per heavy atom. The number of carbonyl (C=O) groups is 1. The first-order valence-electron chi connectivity index (χ1n) is 11.6. The van der Waals surface area contributed by atoms with Gasteiger partial charge in [0, 0.05) is 59.2 Å². The number of amides is 1. The molecule has 0 spiro atoms. The fourth-order valence-electron chi connectivity index (χ4n) is 4.27. The van der Waals surface area contributed by atoms with Crippen LogP contribution in [0.1, 0.15) is 15.2 Å². The van der Waals surface area contributed by atoms with Crippen LogP contribution in [0.2, 0.25) is 10.0 Å². The van der Waals surface area contributed by atoms with Crippen LogP contribution in [-0.4, -0.2) is 42.1 Å². The number of anilines is 2. The number of thiocarbonyl (C=S) groups is 1. The van der Waals surface area contributed by atoms with Gasteiger partial charge in [-0.25, -0.2) is 0 Å². The zero-order valence-electron chi connectivity index (χ0n) is 19.3. The Morgan fingerprint density at radius 1 is 0.944 bits per heavy atom. The maximum atomic E-state index is 12.8. The number of halogens is 2. The summed E-state index contributed by atoms with van der Waals surface area (Å²) in [6.45, 7) is 5.00. The molecule has 36 heavy (non-hydrogen) atoms. The first-order valence-corrected chi connectivity index (χ1v) is 13.6. The van der Waals surface area contributed by atoms with Crippen molar-refractivity contribution in [2.24, 2.45) is 0 Å². The highest BCUT2D eigenvalue weighted by Crippen LogP contribution is 2.36. The number of fused-ring (bicyclic) bond motifs is 1. The van der Waals surface area contributed by atoms with Crippen molar-refractivity contribution in [3.05, 3.63) is 93.3 Å². The number of hydrogen-bond donors (Lipinski definition) is 2. The average molecular weight is 556 g/mol. The van der Waals surface area contributed by atoms with E-state index in [0.717, 1.165) is 48.5 Å². The molecular formula is C27H24Cl2N4OS2. The van der Waals surface area contributed by atoms with Crippen LogP contribution in [0.3, 0.4) is 0 Å². The third kappa shape index (κ3) is 5.82. The number of thiophene rings is 1. The molecule has 0 radical (unpaired) electrons. The summed E-state index contributed by atoms with van der Waals surface area (Å²) in [5.74, 6) is -0.347. The third-order valence-electron chi connectivity index (χ3n) is 6.14. The molecule has 2 N–H and O–H groups in total. The van der Waals surface area contributed by atoms with Gasteiger partial charge in [0.25, 0.3) is 5.91 Å². The minimum atomic E-state index is -0.347. The quantitative estimate of drug-likeness (QED) is 0.270. The fourth-order valence-corrected chi connectivity index (χ4v) is 6.17. The normalized spacial score (nSPS) is 14.1. The Bertz CT molecular complexity index is 1380. The van der Waals surface area contributed by atoms with Crippen LogP contribution in [0.15, 0.2) is 72.8 Å². The molecule has 184 valence electrons. The molecule has 1 aliphatic heterocycles. The number of piperazine rings is 1. The molecule has 0 saturated carbocycles. The summed E-state index contributed by atoms with van der Waals surface area (Å²) < 4.78 is 0.855. The fraction of sp³-hybridized carbons (Fsp3) is 0.185. The molecule has 1 aromatic heterocycles. The lowest BCUT2D eigenvalue weighted by molar-refractivity contribution is 0.0982. The summed E-state index contributed by atoms with van der Waals surface area (Å²) in [6.07, 6.45) is 0. The van der Waals surface area contributed by atoms with E-state index in [1.165, 1.54) is 22.6 Å². The Morgan fingerprint density at radius 2 is 1.67 bits per heavy atom. The molecule has 4 aromatic rings. The third-order valence-corrected chi connectivity index (χ3v) is 8.23. The van der Waals surface area contributed by atoms with Crippen molar-refractivity contribution in [3.63, 3.8) is 0 Å². The summed E-state index contributed by atoms with van der Waals surface area (Å²) in [7, 11) is 0. The zero-order chi connectivity index (χ0) is 25.1. The maximum Gasteiger partial charge on any atom is 0.269 e.